The summed E-state index contributed by atoms with van der Waals surface area (Å²) in [5, 5.41) is 2.92. The number of hydrogen-bond donors (Lipinski definition) is 1. The fourth-order valence-corrected chi connectivity index (χ4v) is 4.28. The molecule has 0 unspecified atom stereocenters. The average Bonchev–Trinajstić information content (AvgIpc) is 2.61. The number of rotatable bonds is 9. The Morgan fingerprint density at radius 1 is 1.19 bits per heavy atom. The number of nitrogens with zero attached hydrogens (tertiary/aromatic N) is 1. The lowest BCUT2D eigenvalue weighted by Crippen LogP contribution is -2.41. The molecule has 0 atom stereocenters. The van der Waals surface area contributed by atoms with Crippen LogP contribution in [-0.2, 0) is 20.6 Å². The molecular formula is C18H20ClFN2O3S2. The van der Waals surface area contributed by atoms with Gasteiger partial charge in [0.1, 0.15) is 12.4 Å². The first-order valence-corrected chi connectivity index (χ1v) is 11.5. The molecule has 0 aliphatic heterocycles. The number of thioether (sulfide) groups is 1. The summed E-state index contributed by atoms with van der Waals surface area (Å²) in [5.74, 6) is 0.382. The van der Waals surface area contributed by atoms with Gasteiger partial charge in [-0.15, -0.1) is 0 Å². The molecule has 146 valence electrons. The van der Waals surface area contributed by atoms with Crippen LogP contribution in [0.25, 0.3) is 0 Å². The molecule has 0 fully saturated rings. The molecule has 27 heavy (non-hydrogen) atoms. The fraction of sp³-hybridized carbons (Fsp3) is 0.278. The minimum Gasteiger partial charge on any atom is -0.354 e. The molecule has 2 rings (SSSR count). The molecule has 0 heterocycles. The van der Waals surface area contributed by atoms with Crippen LogP contribution in [0.1, 0.15) is 5.56 Å². The second-order valence-corrected chi connectivity index (χ2v) is 9.13. The minimum atomic E-state index is -3.67. The third kappa shape index (κ3) is 6.71. The molecule has 0 spiro atoms. The molecular weight excluding hydrogens is 411 g/mol. The van der Waals surface area contributed by atoms with Gasteiger partial charge in [0.25, 0.3) is 0 Å². The number of sulfonamides is 1. The van der Waals surface area contributed by atoms with E-state index in [0.29, 0.717) is 23.6 Å². The smallest absolute Gasteiger partial charge is 0.240 e. The molecule has 1 N–H and O–H groups in total. The highest BCUT2D eigenvalue weighted by Crippen LogP contribution is 2.26. The predicted molar refractivity (Wildman–Crippen MR) is 109 cm³/mol. The van der Waals surface area contributed by atoms with Crippen LogP contribution < -0.4 is 9.62 Å². The molecule has 2 aromatic rings. The van der Waals surface area contributed by atoms with Crippen molar-refractivity contribution in [2.75, 3.05) is 29.4 Å². The van der Waals surface area contributed by atoms with Crippen molar-refractivity contribution in [3.8, 4) is 0 Å². The SMILES string of the molecule is CS(=O)(=O)N(CC(=O)NCCSCc1ccccc1F)c1ccccc1Cl. The van der Waals surface area contributed by atoms with E-state index < -0.39 is 15.9 Å². The van der Waals surface area contributed by atoms with Crippen LogP contribution in [0.5, 0.6) is 0 Å². The van der Waals surface area contributed by atoms with E-state index in [1.807, 2.05) is 0 Å². The van der Waals surface area contributed by atoms with Crippen LogP contribution in [0.15, 0.2) is 48.5 Å². The van der Waals surface area contributed by atoms with Crippen molar-refractivity contribution in [2.24, 2.45) is 0 Å². The van der Waals surface area contributed by atoms with E-state index in [4.69, 9.17) is 11.6 Å². The Balaban J connectivity index is 1.84. The van der Waals surface area contributed by atoms with Crippen LogP contribution in [-0.4, -0.2) is 39.4 Å². The molecule has 0 saturated carbocycles. The lowest BCUT2D eigenvalue weighted by atomic mass is 10.2. The lowest BCUT2D eigenvalue weighted by Gasteiger charge is -2.22. The van der Waals surface area contributed by atoms with Crippen LogP contribution >= 0.6 is 23.4 Å². The third-order valence-electron chi connectivity index (χ3n) is 3.59. The fourth-order valence-electron chi connectivity index (χ4n) is 2.28. The Kier molecular flexibility index (Phi) is 7.94. The summed E-state index contributed by atoms with van der Waals surface area (Å²) in [4.78, 5) is 12.1. The third-order valence-corrected chi connectivity index (χ3v) is 6.05. The van der Waals surface area contributed by atoms with E-state index in [2.05, 4.69) is 5.32 Å². The summed E-state index contributed by atoms with van der Waals surface area (Å²) in [6, 6.07) is 13.0. The summed E-state index contributed by atoms with van der Waals surface area (Å²) < 4.78 is 38.6. The second kappa shape index (κ2) is 9.96. The van der Waals surface area contributed by atoms with Crippen molar-refractivity contribution < 1.29 is 17.6 Å². The summed E-state index contributed by atoms with van der Waals surface area (Å²) in [6.07, 6.45) is 1.02. The molecule has 2 aromatic carbocycles. The zero-order chi connectivity index (χ0) is 19.9. The Hall–Kier alpha value is -1.77. The molecule has 0 aliphatic rings. The maximum absolute atomic E-state index is 13.5. The van der Waals surface area contributed by atoms with Crippen LogP contribution in [0.2, 0.25) is 5.02 Å². The Bertz CT molecular complexity index is 894. The molecule has 0 aromatic heterocycles. The monoisotopic (exact) mass is 430 g/mol. The van der Waals surface area contributed by atoms with Crippen molar-refractivity contribution in [3.63, 3.8) is 0 Å². The first-order valence-electron chi connectivity index (χ1n) is 8.09. The summed E-state index contributed by atoms with van der Waals surface area (Å²) >= 11 is 7.53. The first-order chi connectivity index (χ1) is 12.8. The number of nitrogens with one attached hydrogen (secondary N) is 1. The van der Waals surface area contributed by atoms with Crippen molar-refractivity contribution in [1.82, 2.24) is 5.32 Å². The van der Waals surface area contributed by atoms with Gasteiger partial charge in [0, 0.05) is 18.1 Å². The normalized spacial score (nSPS) is 11.2. The quantitative estimate of drug-likeness (QED) is 0.620. The van der Waals surface area contributed by atoms with Gasteiger partial charge in [0.05, 0.1) is 17.0 Å². The second-order valence-electron chi connectivity index (χ2n) is 5.71. The van der Waals surface area contributed by atoms with Gasteiger partial charge in [-0.3, -0.25) is 9.10 Å². The van der Waals surface area contributed by atoms with Crippen molar-refractivity contribution in [1.29, 1.82) is 0 Å². The van der Waals surface area contributed by atoms with E-state index in [9.17, 15) is 17.6 Å². The highest BCUT2D eigenvalue weighted by Gasteiger charge is 2.22. The Morgan fingerprint density at radius 2 is 1.85 bits per heavy atom. The van der Waals surface area contributed by atoms with Crippen LogP contribution in [0.4, 0.5) is 10.1 Å². The van der Waals surface area contributed by atoms with Crippen molar-refractivity contribution >= 4 is 45.0 Å². The van der Waals surface area contributed by atoms with E-state index in [1.165, 1.54) is 17.8 Å². The molecule has 9 heteroatoms. The zero-order valence-electron chi connectivity index (χ0n) is 14.7. The Labute approximate surface area is 168 Å². The highest BCUT2D eigenvalue weighted by atomic mass is 35.5. The number of halogens is 2. The number of hydrogen-bond acceptors (Lipinski definition) is 4. The molecule has 0 aliphatic carbocycles. The number of carbonyl (C=O) groups is 1. The highest BCUT2D eigenvalue weighted by molar-refractivity contribution is 7.98. The van der Waals surface area contributed by atoms with Gasteiger partial charge in [-0.05, 0) is 23.8 Å². The zero-order valence-corrected chi connectivity index (χ0v) is 17.1. The molecule has 5 nitrogen and oxygen atoms in total. The molecule has 0 radical (unpaired) electrons. The number of amides is 1. The van der Waals surface area contributed by atoms with Gasteiger partial charge in [0.15, 0.2) is 0 Å². The van der Waals surface area contributed by atoms with E-state index in [1.54, 1.807) is 42.5 Å². The van der Waals surface area contributed by atoms with Gasteiger partial charge < -0.3 is 5.32 Å². The van der Waals surface area contributed by atoms with Crippen LogP contribution in [0.3, 0.4) is 0 Å². The van der Waals surface area contributed by atoms with E-state index in [0.717, 1.165) is 10.6 Å². The standard InChI is InChI=1S/C18H20ClFN2O3S2/c1-27(24,25)22(17-9-5-3-7-15(17)19)12-18(23)21-10-11-26-13-14-6-2-4-8-16(14)20/h2-9H,10-13H2,1H3,(H,21,23). The number of carbonyl (C=O) groups excluding carboxylic acids is 1. The number of anilines is 1. The lowest BCUT2D eigenvalue weighted by molar-refractivity contribution is -0.119. The summed E-state index contributed by atoms with van der Waals surface area (Å²) in [6.45, 7) is -0.0153. The van der Waals surface area contributed by atoms with Gasteiger partial charge >= 0.3 is 0 Å². The molecule has 0 saturated heterocycles. The first kappa shape index (κ1) is 21.5. The maximum atomic E-state index is 13.5. The molecule has 1 amide bonds. The van der Waals surface area contributed by atoms with Gasteiger partial charge in [0.2, 0.25) is 15.9 Å². The summed E-state index contributed by atoms with van der Waals surface area (Å²) in [7, 11) is -3.67. The van der Waals surface area contributed by atoms with Gasteiger partial charge in [-0.1, -0.05) is 41.9 Å². The van der Waals surface area contributed by atoms with Crippen molar-refractivity contribution in [2.45, 2.75) is 5.75 Å². The Morgan fingerprint density at radius 3 is 2.52 bits per heavy atom. The minimum absolute atomic E-state index is 0.246. The molecule has 0 bridgehead atoms. The summed E-state index contributed by atoms with van der Waals surface area (Å²) in [5.41, 5.74) is 0.863. The van der Waals surface area contributed by atoms with Crippen molar-refractivity contribution in [3.05, 3.63) is 64.9 Å². The average molecular weight is 431 g/mol. The van der Waals surface area contributed by atoms with E-state index in [-0.39, 0.29) is 23.1 Å². The predicted octanol–water partition coefficient (Wildman–Crippen LogP) is 3.29. The van der Waals surface area contributed by atoms with Gasteiger partial charge in [-0.25, -0.2) is 12.8 Å². The largest absolute Gasteiger partial charge is 0.354 e. The number of para-hydroxylation sites is 1. The topological polar surface area (TPSA) is 66.5 Å². The van der Waals surface area contributed by atoms with Gasteiger partial charge in [-0.2, -0.15) is 11.8 Å². The van der Waals surface area contributed by atoms with Crippen LogP contribution in [0, 0.1) is 5.82 Å². The maximum Gasteiger partial charge on any atom is 0.240 e. The van der Waals surface area contributed by atoms with E-state index >= 15 is 0 Å². The number of benzene rings is 2.